The number of aryl methyl sites for hydroxylation is 2. The molecule has 0 spiro atoms. The summed E-state index contributed by atoms with van der Waals surface area (Å²) in [5.41, 5.74) is 2.05. The second-order valence-corrected chi connectivity index (χ2v) is 5.80. The minimum atomic E-state index is -0.637. The van der Waals surface area contributed by atoms with Crippen LogP contribution >= 0.6 is 11.5 Å². The van der Waals surface area contributed by atoms with Gasteiger partial charge in [-0.05, 0) is 42.6 Å². The number of carbonyl (C=O) groups is 3. The zero-order valence-corrected chi connectivity index (χ0v) is 14.8. The van der Waals surface area contributed by atoms with Crippen molar-refractivity contribution in [3.05, 3.63) is 39.9 Å². The van der Waals surface area contributed by atoms with E-state index in [0.717, 1.165) is 17.1 Å². The number of methoxy groups -OCH3 is 1. The molecule has 1 amide bonds. The van der Waals surface area contributed by atoms with E-state index in [1.54, 1.807) is 19.1 Å². The van der Waals surface area contributed by atoms with Gasteiger partial charge in [0.05, 0.1) is 18.4 Å². The number of rotatable bonds is 6. The Hall–Kier alpha value is -2.81. The quantitative estimate of drug-likeness (QED) is 0.782. The third-order valence-electron chi connectivity index (χ3n) is 3.34. The van der Waals surface area contributed by atoms with E-state index in [9.17, 15) is 14.4 Å². The monoisotopic (exact) mass is 363 g/mol. The highest BCUT2D eigenvalue weighted by atomic mass is 32.1. The molecule has 0 aliphatic carbocycles. The molecule has 132 valence electrons. The zero-order chi connectivity index (χ0) is 18.4. The smallest absolute Gasteiger partial charge is 0.352 e. The van der Waals surface area contributed by atoms with Gasteiger partial charge in [-0.15, -0.1) is 5.10 Å². The standard InChI is InChI=1S/C16H17N3O5S/c1-4-11-14(25-19-18-11)16(22)24-8-13(20)17-12-7-10(15(21)23-3)6-5-9(12)2/h5-7H,4,8H2,1-3H3,(H,17,20). The van der Waals surface area contributed by atoms with E-state index < -0.39 is 24.5 Å². The van der Waals surface area contributed by atoms with Gasteiger partial charge in [-0.3, -0.25) is 4.79 Å². The lowest BCUT2D eigenvalue weighted by Gasteiger charge is -2.10. The average molecular weight is 363 g/mol. The van der Waals surface area contributed by atoms with Crippen LogP contribution in [0.15, 0.2) is 18.2 Å². The first-order valence-electron chi connectivity index (χ1n) is 7.43. The maximum atomic E-state index is 12.0. The van der Waals surface area contributed by atoms with E-state index in [4.69, 9.17) is 4.74 Å². The van der Waals surface area contributed by atoms with E-state index in [-0.39, 0.29) is 0 Å². The summed E-state index contributed by atoms with van der Waals surface area (Å²) < 4.78 is 13.3. The van der Waals surface area contributed by atoms with Gasteiger partial charge in [0.2, 0.25) is 0 Å². The van der Waals surface area contributed by atoms with Crippen LogP contribution in [0.25, 0.3) is 0 Å². The molecule has 1 heterocycles. The highest BCUT2D eigenvalue weighted by molar-refractivity contribution is 7.07. The number of nitrogens with one attached hydrogen (secondary N) is 1. The largest absolute Gasteiger partial charge is 0.465 e. The number of benzene rings is 1. The highest BCUT2D eigenvalue weighted by Gasteiger charge is 2.18. The van der Waals surface area contributed by atoms with Gasteiger partial charge in [0.15, 0.2) is 11.5 Å². The van der Waals surface area contributed by atoms with E-state index in [1.807, 2.05) is 6.92 Å². The Balaban J connectivity index is 1.98. The molecule has 0 radical (unpaired) electrons. The first-order valence-corrected chi connectivity index (χ1v) is 8.20. The van der Waals surface area contributed by atoms with Crippen LogP contribution in [0.4, 0.5) is 5.69 Å². The normalized spacial score (nSPS) is 10.2. The van der Waals surface area contributed by atoms with Crippen LogP contribution in [0.2, 0.25) is 0 Å². The van der Waals surface area contributed by atoms with E-state index >= 15 is 0 Å². The molecule has 0 saturated carbocycles. The van der Waals surface area contributed by atoms with Gasteiger partial charge in [-0.25, -0.2) is 9.59 Å². The number of carbonyl (C=O) groups excluding carboxylic acids is 3. The molecule has 0 aliphatic heterocycles. The maximum Gasteiger partial charge on any atom is 0.352 e. The van der Waals surface area contributed by atoms with Crippen molar-refractivity contribution in [3.8, 4) is 0 Å². The molecular formula is C16H17N3O5S. The molecule has 25 heavy (non-hydrogen) atoms. The zero-order valence-electron chi connectivity index (χ0n) is 14.0. The second kappa shape index (κ2) is 8.34. The summed E-state index contributed by atoms with van der Waals surface area (Å²) in [6.07, 6.45) is 0.548. The number of anilines is 1. The summed E-state index contributed by atoms with van der Waals surface area (Å²) in [5, 5.41) is 6.43. The van der Waals surface area contributed by atoms with Crippen LogP contribution < -0.4 is 5.32 Å². The fourth-order valence-electron chi connectivity index (χ4n) is 1.98. The average Bonchev–Trinajstić information content (AvgIpc) is 3.09. The topological polar surface area (TPSA) is 107 Å². The van der Waals surface area contributed by atoms with Crippen molar-refractivity contribution in [2.24, 2.45) is 0 Å². The number of hydrogen-bond donors (Lipinski definition) is 1. The number of nitrogens with zero attached hydrogens (tertiary/aromatic N) is 2. The van der Waals surface area contributed by atoms with Crippen molar-refractivity contribution >= 4 is 35.1 Å². The molecule has 9 heteroatoms. The van der Waals surface area contributed by atoms with Crippen LogP contribution in [0.3, 0.4) is 0 Å². The fraction of sp³-hybridized carbons (Fsp3) is 0.312. The van der Waals surface area contributed by atoms with Gasteiger partial charge in [0.25, 0.3) is 5.91 Å². The Morgan fingerprint density at radius 3 is 2.68 bits per heavy atom. The second-order valence-electron chi connectivity index (χ2n) is 5.05. The van der Waals surface area contributed by atoms with Crippen LogP contribution in [0.5, 0.6) is 0 Å². The Morgan fingerprint density at radius 1 is 1.24 bits per heavy atom. The lowest BCUT2D eigenvalue weighted by Crippen LogP contribution is -2.21. The van der Waals surface area contributed by atoms with E-state index in [1.165, 1.54) is 13.2 Å². The molecule has 2 rings (SSSR count). The molecule has 8 nitrogen and oxygen atoms in total. The van der Waals surface area contributed by atoms with E-state index in [0.29, 0.717) is 28.2 Å². The van der Waals surface area contributed by atoms with Crippen molar-refractivity contribution in [2.45, 2.75) is 20.3 Å². The predicted molar refractivity (Wildman–Crippen MR) is 90.7 cm³/mol. The van der Waals surface area contributed by atoms with Crippen LogP contribution in [0.1, 0.15) is 38.2 Å². The van der Waals surface area contributed by atoms with Gasteiger partial charge in [0, 0.05) is 5.69 Å². The molecule has 1 aromatic carbocycles. The molecule has 2 aromatic rings. The summed E-state index contributed by atoms with van der Waals surface area (Å²) in [6, 6.07) is 4.79. The van der Waals surface area contributed by atoms with Crippen molar-refractivity contribution in [3.63, 3.8) is 0 Å². The molecule has 1 N–H and O–H groups in total. The predicted octanol–water partition coefficient (Wildman–Crippen LogP) is 1.99. The van der Waals surface area contributed by atoms with Crippen molar-refractivity contribution < 1.29 is 23.9 Å². The summed E-state index contributed by atoms with van der Waals surface area (Å²) in [6.45, 7) is 3.16. The van der Waals surface area contributed by atoms with E-state index in [2.05, 4.69) is 19.6 Å². The van der Waals surface area contributed by atoms with Gasteiger partial charge in [0.1, 0.15) is 0 Å². The SMILES string of the molecule is CCc1nnsc1C(=O)OCC(=O)Nc1cc(C(=O)OC)ccc1C. The molecule has 0 bridgehead atoms. The minimum absolute atomic E-state index is 0.291. The number of ether oxygens (including phenoxy) is 2. The summed E-state index contributed by atoms with van der Waals surface area (Å²) in [4.78, 5) is 35.8. The number of aromatic nitrogens is 2. The molecule has 0 fully saturated rings. The summed E-state index contributed by atoms with van der Waals surface area (Å²) in [7, 11) is 1.28. The van der Waals surface area contributed by atoms with Crippen LogP contribution in [-0.4, -0.2) is 41.1 Å². The molecule has 0 aliphatic rings. The van der Waals surface area contributed by atoms with Crippen LogP contribution in [-0.2, 0) is 20.7 Å². The molecule has 0 saturated heterocycles. The summed E-state index contributed by atoms with van der Waals surface area (Å²) >= 11 is 0.929. The Kier molecular flexibility index (Phi) is 6.18. The fourth-order valence-corrected chi connectivity index (χ4v) is 2.62. The van der Waals surface area contributed by atoms with Crippen molar-refractivity contribution in [1.82, 2.24) is 9.59 Å². The van der Waals surface area contributed by atoms with Crippen molar-refractivity contribution in [1.29, 1.82) is 0 Å². The minimum Gasteiger partial charge on any atom is -0.465 e. The molecule has 0 unspecified atom stereocenters. The van der Waals surface area contributed by atoms with Gasteiger partial charge in [-0.2, -0.15) is 0 Å². The van der Waals surface area contributed by atoms with Crippen molar-refractivity contribution in [2.75, 3.05) is 19.0 Å². The molecule has 0 atom stereocenters. The molecular weight excluding hydrogens is 346 g/mol. The Bertz CT molecular complexity index is 803. The van der Waals surface area contributed by atoms with Crippen LogP contribution in [0, 0.1) is 6.92 Å². The number of esters is 2. The number of amides is 1. The lowest BCUT2D eigenvalue weighted by atomic mass is 10.1. The van der Waals surface area contributed by atoms with Gasteiger partial charge >= 0.3 is 11.9 Å². The number of hydrogen-bond acceptors (Lipinski definition) is 8. The lowest BCUT2D eigenvalue weighted by molar-refractivity contribution is -0.119. The highest BCUT2D eigenvalue weighted by Crippen LogP contribution is 2.18. The Labute approximate surface area is 148 Å². The maximum absolute atomic E-state index is 12.0. The molecule has 1 aromatic heterocycles. The van der Waals surface area contributed by atoms with Gasteiger partial charge in [-0.1, -0.05) is 17.5 Å². The third kappa shape index (κ3) is 4.60. The first-order chi connectivity index (χ1) is 12.0. The third-order valence-corrected chi connectivity index (χ3v) is 4.09. The Morgan fingerprint density at radius 2 is 2.00 bits per heavy atom. The first kappa shape index (κ1) is 18.5. The van der Waals surface area contributed by atoms with Gasteiger partial charge < -0.3 is 14.8 Å². The summed E-state index contributed by atoms with van der Waals surface area (Å²) in [5.74, 6) is -1.66.